The van der Waals surface area contributed by atoms with Crippen molar-refractivity contribution in [1.29, 1.82) is 0 Å². The molecule has 11 heavy (non-hydrogen) atoms. The molecule has 0 unspecified atom stereocenters. The fourth-order valence-corrected chi connectivity index (χ4v) is 3.09. The molecular formula is C8H12Cl2O. The number of halogens is 2. The van der Waals surface area contributed by atoms with Crippen molar-refractivity contribution < 1.29 is 4.74 Å². The largest absolute Gasteiger partial charge is 0.375 e. The van der Waals surface area contributed by atoms with Gasteiger partial charge in [0.2, 0.25) is 0 Å². The molecule has 1 nitrogen and oxygen atoms in total. The van der Waals surface area contributed by atoms with Crippen molar-refractivity contribution in [2.24, 2.45) is 11.8 Å². The maximum absolute atomic E-state index is 5.90. The minimum Gasteiger partial charge on any atom is -0.375 e. The minimum absolute atomic E-state index is 0.201. The molecular weight excluding hydrogens is 183 g/mol. The van der Waals surface area contributed by atoms with Gasteiger partial charge in [0, 0.05) is 7.11 Å². The lowest BCUT2D eigenvalue weighted by Gasteiger charge is -2.30. The predicted molar refractivity (Wildman–Crippen MR) is 46.1 cm³/mol. The van der Waals surface area contributed by atoms with Gasteiger partial charge in [-0.2, -0.15) is 0 Å². The molecule has 2 fully saturated rings. The molecule has 0 saturated heterocycles. The lowest BCUT2D eigenvalue weighted by atomic mass is 10.00. The van der Waals surface area contributed by atoms with Gasteiger partial charge in [0.15, 0.2) is 0 Å². The molecule has 2 aliphatic carbocycles. The normalized spacial score (nSPS) is 48.0. The lowest BCUT2D eigenvalue weighted by Crippen LogP contribution is -2.38. The van der Waals surface area contributed by atoms with Crippen molar-refractivity contribution in [3.8, 4) is 0 Å². The summed E-state index contributed by atoms with van der Waals surface area (Å²) in [7, 11) is 1.72. The fraction of sp³-hybridized carbons (Fsp3) is 1.00. The van der Waals surface area contributed by atoms with E-state index in [0.717, 1.165) is 12.3 Å². The summed E-state index contributed by atoms with van der Waals surface area (Å²) in [6.07, 6.45) is 3.55. The summed E-state index contributed by atoms with van der Waals surface area (Å²) in [6.45, 7) is 0. The molecule has 2 rings (SSSR count). The van der Waals surface area contributed by atoms with E-state index in [9.17, 15) is 0 Å². The van der Waals surface area contributed by atoms with Gasteiger partial charge in [0.1, 0.15) is 10.4 Å². The van der Waals surface area contributed by atoms with Crippen LogP contribution in [0.15, 0.2) is 0 Å². The SMILES string of the molecule is CO[C@]1(C(Cl)Cl)CC[C@@H]2C[C@@H]21. The van der Waals surface area contributed by atoms with E-state index < -0.39 is 0 Å². The number of methoxy groups -OCH3 is 1. The first-order valence-corrected chi connectivity index (χ1v) is 4.91. The van der Waals surface area contributed by atoms with Crippen molar-refractivity contribution in [2.75, 3.05) is 7.11 Å². The standard InChI is InChI=1S/C8H12Cl2O/c1-11-8(7(9)10)3-2-5-4-6(5)8/h5-7H,2-4H2,1H3/t5-,6+,8-/m1/s1. The van der Waals surface area contributed by atoms with Crippen LogP contribution in [0.25, 0.3) is 0 Å². The quantitative estimate of drug-likeness (QED) is 0.615. The fourth-order valence-electron chi connectivity index (χ4n) is 2.37. The van der Waals surface area contributed by atoms with E-state index >= 15 is 0 Å². The summed E-state index contributed by atoms with van der Waals surface area (Å²) >= 11 is 11.8. The van der Waals surface area contributed by atoms with E-state index in [4.69, 9.17) is 27.9 Å². The van der Waals surface area contributed by atoms with Gasteiger partial charge in [0.25, 0.3) is 0 Å². The Morgan fingerprint density at radius 2 is 2.27 bits per heavy atom. The zero-order valence-electron chi connectivity index (χ0n) is 6.52. The third-order valence-corrected chi connectivity index (χ3v) is 3.94. The first kappa shape index (κ1) is 8.15. The van der Waals surface area contributed by atoms with Gasteiger partial charge >= 0.3 is 0 Å². The van der Waals surface area contributed by atoms with Crippen LogP contribution in [0.4, 0.5) is 0 Å². The van der Waals surface area contributed by atoms with E-state index in [-0.39, 0.29) is 10.4 Å². The maximum atomic E-state index is 5.90. The molecule has 2 saturated carbocycles. The second kappa shape index (κ2) is 2.51. The van der Waals surface area contributed by atoms with Crippen molar-refractivity contribution in [1.82, 2.24) is 0 Å². The van der Waals surface area contributed by atoms with E-state index in [1.165, 1.54) is 12.8 Å². The highest BCUT2D eigenvalue weighted by molar-refractivity contribution is 6.45. The molecule has 0 heterocycles. The molecule has 0 radical (unpaired) electrons. The van der Waals surface area contributed by atoms with E-state index in [0.29, 0.717) is 5.92 Å². The Morgan fingerprint density at radius 3 is 2.45 bits per heavy atom. The highest BCUT2D eigenvalue weighted by Gasteiger charge is 2.61. The van der Waals surface area contributed by atoms with Crippen LogP contribution < -0.4 is 0 Å². The zero-order chi connectivity index (χ0) is 8.06. The number of hydrogen-bond acceptors (Lipinski definition) is 1. The molecule has 0 aromatic carbocycles. The molecule has 0 aliphatic heterocycles. The third-order valence-electron chi connectivity index (χ3n) is 3.21. The van der Waals surface area contributed by atoms with Gasteiger partial charge in [-0.1, -0.05) is 0 Å². The van der Waals surface area contributed by atoms with Crippen molar-refractivity contribution >= 4 is 23.2 Å². The zero-order valence-corrected chi connectivity index (χ0v) is 8.03. The maximum Gasteiger partial charge on any atom is 0.136 e. The molecule has 0 amide bonds. The topological polar surface area (TPSA) is 9.23 Å². The summed E-state index contributed by atoms with van der Waals surface area (Å²) < 4.78 is 5.45. The Balaban J connectivity index is 2.16. The molecule has 0 N–H and O–H groups in total. The van der Waals surface area contributed by atoms with Crippen molar-refractivity contribution in [3.05, 3.63) is 0 Å². The Bertz CT molecular complexity index is 171. The van der Waals surface area contributed by atoms with E-state index in [1.54, 1.807) is 7.11 Å². The summed E-state index contributed by atoms with van der Waals surface area (Å²) in [6, 6.07) is 0. The van der Waals surface area contributed by atoms with Gasteiger partial charge in [-0.3, -0.25) is 0 Å². The van der Waals surface area contributed by atoms with Crippen LogP contribution >= 0.6 is 23.2 Å². The van der Waals surface area contributed by atoms with Crippen LogP contribution in [0.5, 0.6) is 0 Å². The predicted octanol–water partition coefficient (Wildman–Crippen LogP) is 2.61. The smallest absolute Gasteiger partial charge is 0.136 e. The van der Waals surface area contributed by atoms with Crippen LogP contribution in [0.1, 0.15) is 19.3 Å². The number of rotatable bonds is 2. The average molecular weight is 195 g/mol. The summed E-state index contributed by atoms with van der Waals surface area (Å²) in [4.78, 5) is -0.356. The molecule has 0 aromatic heterocycles. The number of ether oxygens (including phenoxy) is 1. The number of alkyl halides is 2. The first-order chi connectivity index (χ1) is 5.20. The van der Waals surface area contributed by atoms with Gasteiger partial charge in [-0.15, -0.1) is 23.2 Å². The number of hydrogen-bond donors (Lipinski definition) is 0. The molecule has 3 heteroatoms. The Hall–Kier alpha value is 0.540. The second-order valence-corrected chi connectivity index (χ2v) is 4.70. The van der Waals surface area contributed by atoms with E-state index in [1.807, 2.05) is 0 Å². The molecule has 2 aliphatic rings. The highest BCUT2D eigenvalue weighted by atomic mass is 35.5. The number of fused-ring (bicyclic) bond motifs is 1. The van der Waals surface area contributed by atoms with Crippen LogP contribution in [-0.2, 0) is 4.74 Å². The van der Waals surface area contributed by atoms with Crippen LogP contribution in [-0.4, -0.2) is 17.5 Å². The van der Waals surface area contributed by atoms with Gasteiger partial charge in [0.05, 0.1) is 0 Å². The highest BCUT2D eigenvalue weighted by Crippen LogP contribution is 2.61. The first-order valence-electron chi connectivity index (χ1n) is 4.04. The lowest BCUT2D eigenvalue weighted by molar-refractivity contribution is -0.0115. The molecule has 0 aromatic rings. The summed E-state index contributed by atoms with van der Waals surface area (Å²) in [5.74, 6) is 1.50. The third kappa shape index (κ3) is 1.01. The van der Waals surface area contributed by atoms with Crippen LogP contribution in [0.3, 0.4) is 0 Å². The second-order valence-electron chi connectivity index (χ2n) is 3.60. The van der Waals surface area contributed by atoms with Crippen LogP contribution in [0, 0.1) is 11.8 Å². The van der Waals surface area contributed by atoms with Crippen molar-refractivity contribution in [3.63, 3.8) is 0 Å². The molecule has 3 atom stereocenters. The Kier molecular flexibility index (Phi) is 1.86. The Labute approximate surface area is 77.0 Å². The average Bonchev–Trinajstić information content (AvgIpc) is 2.66. The van der Waals surface area contributed by atoms with Crippen LogP contribution in [0.2, 0.25) is 0 Å². The van der Waals surface area contributed by atoms with E-state index in [2.05, 4.69) is 0 Å². The van der Waals surface area contributed by atoms with Gasteiger partial charge in [-0.25, -0.2) is 0 Å². The summed E-state index contributed by atoms with van der Waals surface area (Å²) in [5, 5.41) is 0. The molecule has 0 spiro atoms. The van der Waals surface area contributed by atoms with Crippen molar-refractivity contribution in [2.45, 2.75) is 29.7 Å². The monoisotopic (exact) mass is 194 g/mol. The summed E-state index contributed by atoms with van der Waals surface area (Å²) in [5.41, 5.74) is -0.201. The molecule has 0 bridgehead atoms. The van der Waals surface area contributed by atoms with Gasteiger partial charge in [-0.05, 0) is 31.1 Å². The van der Waals surface area contributed by atoms with Gasteiger partial charge < -0.3 is 4.74 Å². The Morgan fingerprint density at radius 1 is 1.55 bits per heavy atom. The molecule has 64 valence electrons. The minimum atomic E-state index is -0.356.